The summed E-state index contributed by atoms with van der Waals surface area (Å²) in [5.74, 6) is 0.813. The summed E-state index contributed by atoms with van der Waals surface area (Å²) >= 11 is 0. The highest BCUT2D eigenvalue weighted by Crippen LogP contribution is 2.15. The molecule has 108 valence electrons. The molecule has 3 rings (SSSR count). The standard InChI is InChI=1S/C15H23N5/c1-10-5-11(2)20-9-14(18-15(20)17-10)8-19-12(3)6-16-7-13(19)4/h5,9,12-13,16H,6-8H2,1-4H3. The van der Waals surface area contributed by atoms with E-state index >= 15 is 0 Å². The minimum absolute atomic E-state index is 0.541. The van der Waals surface area contributed by atoms with Gasteiger partial charge in [0.25, 0.3) is 0 Å². The summed E-state index contributed by atoms with van der Waals surface area (Å²) in [6.45, 7) is 11.7. The van der Waals surface area contributed by atoms with Crippen molar-refractivity contribution in [2.24, 2.45) is 0 Å². The zero-order valence-electron chi connectivity index (χ0n) is 12.7. The van der Waals surface area contributed by atoms with Crippen molar-refractivity contribution in [3.8, 4) is 0 Å². The molecule has 20 heavy (non-hydrogen) atoms. The third-order valence-corrected chi connectivity index (χ3v) is 4.17. The lowest BCUT2D eigenvalue weighted by Crippen LogP contribution is -2.54. The van der Waals surface area contributed by atoms with Gasteiger partial charge in [0, 0.05) is 49.3 Å². The van der Waals surface area contributed by atoms with Crippen molar-refractivity contribution in [1.82, 2.24) is 24.6 Å². The Bertz CT molecular complexity index is 608. The van der Waals surface area contributed by atoms with Crippen molar-refractivity contribution in [3.05, 3.63) is 29.3 Å². The van der Waals surface area contributed by atoms with Crippen LogP contribution in [0.2, 0.25) is 0 Å². The molecule has 5 nitrogen and oxygen atoms in total. The average Bonchev–Trinajstić information content (AvgIpc) is 2.77. The fourth-order valence-corrected chi connectivity index (χ4v) is 3.06. The van der Waals surface area contributed by atoms with E-state index in [1.165, 1.54) is 5.69 Å². The molecule has 0 saturated carbocycles. The molecule has 2 atom stereocenters. The number of nitrogens with one attached hydrogen (secondary N) is 1. The van der Waals surface area contributed by atoms with Crippen LogP contribution in [0.1, 0.15) is 30.9 Å². The first kappa shape index (κ1) is 13.5. The first-order valence-corrected chi connectivity index (χ1v) is 7.33. The Hall–Kier alpha value is -1.46. The highest BCUT2D eigenvalue weighted by Gasteiger charge is 2.25. The second-order valence-corrected chi connectivity index (χ2v) is 5.97. The average molecular weight is 273 g/mol. The van der Waals surface area contributed by atoms with E-state index in [4.69, 9.17) is 0 Å². The van der Waals surface area contributed by atoms with Crippen LogP contribution in [0, 0.1) is 13.8 Å². The number of aryl methyl sites for hydroxylation is 2. The van der Waals surface area contributed by atoms with E-state index in [1.54, 1.807) is 0 Å². The maximum atomic E-state index is 4.69. The SMILES string of the molecule is Cc1cc(C)n2cc(CN3C(C)CNCC3C)nc2n1. The molecule has 1 aliphatic rings. The molecule has 0 aliphatic carbocycles. The minimum Gasteiger partial charge on any atom is -0.314 e. The molecule has 5 heteroatoms. The smallest absolute Gasteiger partial charge is 0.234 e. The summed E-state index contributed by atoms with van der Waals surface area (Å²) < 4.78 is 2.08. The zero-order valence-corrected chi connectivity index (χ0v) is 12.7. The third-order valence-electron chi connectivity index (χ3n) is 4.17. The number of hydrogen-bond donors (Lipinski definition) is 1. The number of fused-ring (bicyclic) bond motifs is 1. The Kier molecular flexibility index (Phi) is 3.48. The summed E-state index contributed by atoms with van der Waals surface area (Å²) in [4.78, 5) is 11.7. The number of piperazine rings is 1. The Morgan fingerprint density at radius 2 is 1.90 bits per heavy atom. The molecule has 0 radical (unpaired) electrons. The van der Waals surface area contributed by atoms with E-state index < -0.39 is 0 Å². The lowest BCUT2D eigenvalue weighted by Gasteiger charge is -2.38. The van der Waals surface area contributed by atoms with Gasteiger partial charge in [-0.2, -0.15) is 0 Å². The van der Waals surface area contributed by atoms with Crippen molar-refractivity contribution in [1.29, 1.82) is 0 Å². The predicted molar refractivity (Wildman–Crippen MR) is 79.8 cm³/mol. The van der Waals surface area contributed by atoms with Crippen LogP contribution < -0.4 is 5.32 Å². The van der Waals surface area contributed by atoms with Crippen molar-refractivity contribution in [3.63, 3.8) is 0 Å². The topological polar surface area (TPSA) is 45.5 Å². The maximum Gasteiger partial charge on any atom is 0.234 e. The van der Waals surface area contributed by atoms with Crippen molar-refractivity contribution < 1.29 is 0 Å². The Morgan fingerprint density at radius 1 is 1.20 bits per heavy atom. The zero-order chi connectivity index (χ0) is 14.3. The molecule has 2 aromatic heterocycles. The molecule has 0 spiro atoms. The van der Waals surface area contributed by atoms with E-state index in [0.29, 0.717) is 12.1 Å². The van der Waals surface area contributed by atoms with Gasteiger partial charge in [-0.1, -0.05) is 0 Å². The number of aromatic nitrogens is 3. The second-order valence-electron chi connectivity index (χ2n) is 5.97. The summed E-state index contributed by atoms with van der Waals surface area (Å²) in [6, 6.07) is 3.17. The van der Waals surface area contributed by atoms with Gasteiger partial charge in [0.05, 0.1) is 5.69 Å². The van der Waals surface area contributed by atoms with Crippen molar-refractivity contribution in [2.45, 2.75) is 46.3 Å². The Morgan fingerprint density at radius 3 is 2.60 bits per heavy atom. The van der Waals surface area contributed by atoms with E-state index in [9.17, 15) is 0 Å². The molecule has 3 heterocycles. The van der Waals surface area contributed by atoms with Gasteiger partial charge in [-0.15, -0.1) is 0 Å². The molecule has 1 N–H and O–H groups in total. The van der Waals surface area contributed by atoms with Gasteiger partial charge in [0.15, 0.2) is 0 Å². The number of imidazole rings is 1. The third kappa shape index (κ3) is 2.43. The van der Waals surface area contributed by atoms with Gasteiger partial charge in [0.1, 0.15) is 0 Å². The largest absolute Gasteiger partial charge is 0.314 e. The van der Waals surface area contributed by atoms with E-state index in [0.717, 1.165) is 36.8 Å². The van der Waals surface area contributed by atoms with Crippen LogP contribution in [-0.2, 0) is 6.54 Å². The first-order chi connectivity index (χ1) is 9.54. The molecular formula is C15H23N5. The van der Waals surface area contributed by atoms with Crippen LogP contribution in [0.3, 0.4) is 0 Å². The van der Waals surface area contributed by atoms with E-state index in [-0.39, 0.29) is 0 Å². The van der Waals surface area contributed by atoms with Gasteiger partial charge in [-0.25, -0.2) is 9.97 Å². The highest BCUT2D eigenvalue weighted by atomic mass is 15.3. The summed E-state index contributed by atoms with van der Waals surface area (Å²) in [5, 5.41) is 3.46. The number of nitrogens with zero attached hydrogens (tertiary/aromatic N) is 4. The second kappa shape index (κ2) is 5.14. The minimum atomic E-state index is 0.541. The van der Waals surface area contributed by atoms with Gasteiger partial charge in [-0.05, 0) is 33.8 Å². The number of hydrogen-bond acceptors (Lipinski definition) is 4. The molecular weight excluding hydrogens is 250 g/mol. The molecule has 1 fully saturated rings. The molecule has 1 aliphatic heterocycles. The van der Waals surface area contributed by atoms with Crippen LogP contribution in [0.15, 0.2) is 12.3 Å². The summed E-state index contributed by atoms with van der Waals surface area (Å²) in [7, 11) is 0. The van der Waals surface area contributed by atoms with Gasteiger partial charge >= 0.3 is 0 Å². The molecule has 2 unspecified atom stereocenters. The molecule has 0 amide bonds. The van der Waals surface area contributed by atoms with Crippen LogP contribution in [-0.4, -0.2) is 44.4 Å². The molecule has 1 saturated heterocycles. The van der Waals surface area contributed by atoms with E-state index in [1.807, 2.05) is 6.92 Å². The normalized spacial score (nSPS) is 24.4. The van der Waals surface area contributed by atoms with Crippen molar-refractivity contribution in [2.75, 3.05) is 13.1 Å². The monoisotopic (exact) mass is 273 g/mol. The van der Waals surface area contributed by atoms with Gasteiger partial charge < -0.3 is 5.32 Å². The lowest BCUT2D eigenvalue weighted by atomic mass is 10.1. The van der Waals surface area contributed by atoms with Crippen molar-refractivity contribution >= 4 is 5.78 Å². The quantitative estimate of drug-likeness (QED) is 0.901. The van der Waals surface area contributed by atoms with Crippen LogP contribution in [0.4, 0.5) is 0 Å². The van der Waals surface area contributed by atoms with Gasteiger partial charge in [-0.3, -0.25) is 9.30 Å². The Labute approximate surface area is 120 Å². The molecule has 2 aromatic rings. The highest BCUT2D eigenvalue weighted by molar-refractivity contribution is 5.34. The van der Waals surface area contributed by atoms with Crippen LogP contribution in [0.25, 0.3) is 5.78 Å². The predicted octanol–water partition coefficient (Wildman–Crippen LogP) is 1.53. The fraction of sp³-hybridized carbons (Fsp3) is 0.600. The number of rotatable bonds is 2. The van der Waals surface area contributed by atoms with Gasteiger partial charge in [0.2, 0.25) is 5.78 Å². The summed E-state index contributed by atoms with van der Waals surface area (Å²) in [5.41, 5.74) is 3.32. The first-order valence-electron chi connectivity index (χ1n) is 7.33. The molecule has 0 aromatic carbocycles. The van der Waals surface area contributed by atoms with Crippen LogP contribution >= 0.6 is 0 Å². The Balaban J connectivity index is 1.89. The fourth-order valence-electron chi connectivity index (χ4n) is 3.06. The molecule has 0 bridgehead atoms. The van der Waals surface area contributed by atoms with Crippen LogP contribution in [0.5, 0.6) is 0 Å². The van der Waals surface area contributed by atoms with E-state index in [2.05, 4.69) is 57.6 Å². The maximum absolute atomic E-state index is 4.69. The lowest BCUT2D eigenvalue weighted by molar-refractivity contribution is 0.107. The summed E-state index contributed by atoms with van der Waals surface area (Å²) in [6.07, 6.45) is 2.12.